The molecule has 1 amide bonds. The molecule has 1 saturated heterocycles. The number of carbonyl (C=O) groups excluding carboxylic acids is 1. The molecular weight excluding hydrogens is 396 g/mol. The van der Waals surface area contributed by atoms with Crippen molar-refractivity contribution in [2.75, 3.05) is 32.1 Å². The largest absolute Gasteiger partial charge is 0.497 e. The van der Waals surface area contributed by atoms with Gasteiger partial charge in [0.1, 0.15) is 17.1 Å². The summed E-state index contributed by atoms with van der Waals surface area (Å²) in [5.41, 5.74) is 1.96. The molecule has 2 aliphatic rings. The fourth-order valence-corrected chi connectivity index (χ4v) is 4.53. The summed E-state index contributed by atoms with van der Waals surface area (Å²) in [6.45, 7) is 3.57. The van der Waals surface area contributed by atoms with Crippen LogP contribution in [-0.4, -0.2) is 53.4 Å². The van der Waals surface area contributed by atoms with Gasteiger partial charge >= 0.3 is 0 Å². The molecular formula is C24H30N2O5. The van der Waals surface area contributed by atoms with Crippen LogP contribution in [0.3, 0.4) is 0 Å². The first kappa shape index (κ1) is 21.6. The van der Waals surface area contributed by atoms with Crippen molar-refractivity contribution in [1.29, 1.82) is 0 Å². The molecule has 166 valence electrons. The summed E-state index contributed by atoms with van der Waals surface area (Å²) in [5.74, 6) is 1.30. The SMILES string of the molecule is COc1ccc2c(c1)OC1(CCN(CC(O)c3ccc(NC(C)=O)cc3)CC1)CC2O. The lowest BCUT2D eigenvalue weighted by atomic mass is 9.81. The van der Waals surface area contributed by atoms with Gasteiger partial charge in [-0.15, -0.1) is 0 Å². The van der Waals surface area contributed by atoms with E-state index in [0.717, 1.165) is 37.1 Å². The molecule has 0 saturated carbocycles. The van der Waals surface area contributed by atoms with E-state index >= 15 is 0 Å². The van der Waals surface area contributed by atoms with Gasteiger partial charge in [0.05, 0.1) is 19.3 Å². The zero-order valence-electron chi connectivity index (χ0n) is 18.0. The first-order chi connectivity index (χ1) is 14.9. The number of piperidine rings is 1. The van der Waals surface area contributed by atoms with E-state index in [1.807, 2.05) is 30.3 Å². The Morgan fingerprint density at radius 3 is 2.61 bits per heavy atom. The number of benzene rings is 2. The highest BCUT2D eigenvalue weighted by atomic mass is 16.5. The Kier molecular flexibility index (Phi) is 6.18. The van der Waals surface area contributed by atoms with Crippen LogP contribution in [0.4, 0.5) is 5.69 Å². The molecule has 2 aromatic carbocycles. The van der Waals surface area contributed by atoms with E-state index in [9.17, 15) is 15.0 Å². The van der Waals surface area contributed by atoms with Crippen LogP contribution in [0.2, 0.25) is 0 Å². The molecule has 31 heavy (non-hydrogen) atoms. The van der Waals surface area contributed by atoms with Crippen molar-refractivity contribution in [2.45, 2.75) is 44.0 Å². The van der Waals surface area contributed by atoms with Gasteiger partial charge in [0, 0.05) is 50.3 Å². The first-order valence-electron chi connectivity index (χ1n) is 10.7. The fourth-order valence-electron chi connectivity index (χ4n) is 4.53. The van der Waals surface area contributed by atoms with Gasteiger partial charge in [-0.05, 0) is 42.7 Å². The highest BCUT2D eigenvalue weighted by molar-refractivity contribution is 5.88. The lowest BCUT2D eigenvalue weighted by Crippen LogP contribution is -2.51. The topological polar surface area (TPSA) is 91.3 Å². The summed E-state index contributed by atoms with van der Waals surface area (Å²) in [6, 6.07) is 12.8. The highest BCUT2D eigenvalue weighted by Crippen LogP contribution is 2.45. The molecule has 1 fully saturated rings. The number of hydrogen-bond donors (Lipinski definition) is 3. The minimum Gasteiger partial charge on any atom is -0.497 e. The Balaban J connectivity index is 1.35. The third-order valence-electron chi connectivity index (χ3n) is 6.29. The number of anilines is 1. The summed E-state index contributed by atoms with van der Waals surface area (Å²) in [7, 11) is 1.62. The van der Waals surface area contributed by atoms with E-state index in [-0.39, 0.29) is 11.5 Å². The predicted molar refractivity (Wildman–Crippen MR) is 117 cm³/mol. The molecule has 3 N–H and O–H groups in total. The summed E-state index contributed by atoms with van der Waals surface area (Å²) in [5, 5.41) is 24.1. The second-order valence-electron chi connectivity index (χ2n) is 8.53. The predicted octanol–water partition coefficient (Wildman–Crippen LogP) is 3.04. The highest BCUT2D eigenvalue weighted by Gasteiger charge is 2.43. The van der Waals surface area contributed by atoms with E-state index in [1.165, 1.54) is 6.92 Å². The van der Waals surface area contributed by atoms with Gasteiger partial charge < -0.3 is 29.9 Å². The van der Waals surface area contributed by atoms with Crippen molar-refractivity contribution >= 4 is 11.6 Å². The number of amides is 1. The quantitative estimate of drug-likeness (QED) is 0.681. The van der Waals surface area contributed by atoms with Crippen LogP contribution in [-0.2, 0) is 4.79 Å². The van der Waals surface area contributed by atoms with Gasteiger partial charge in [0.2, 0.25) is 5.91 Å². The summed E-state index contributed by atoms with van der Waals surface area (Å²) in [6.07, 6.45) is 0.995. The molecule has 1 spiro atoms. The van der Waals surface area contributed by atoms with E-state index in [0.29, 0.717) is 30.2 Å². The smallest absolute Gasteiger partial charge is 0.221 e. The number of nitrogens with one attached hydrogen (secondary N) is 1. The Labute approximate surface area is 182 Å². The van der Waals surface area contributed by atoms with E-state index in [4.69, 9.17) is 9.47 Å². The van der Waals surface area contributed by atoms with Crippen molar-refractivity contribution in [2.24, 2.45) is 0 Å². The Bertz CT molecular complexity index is 922. The molecule has 2 unspecified atom stereocenters. The second-order valence-corrected chi connectivity index (χ2v) is 8.53. The molecule has 0 aliphatic carbocycles. The van der Waals surface area contributed by atoms with Crippen molar-refractivity contribution in [1.82, 2.24) is 4.90 Å². The fraction of sp³-hybridized carbons (Fsp3) is 0.458. The molecule has 7 nitrogen and oxygen atoms in total. The maximum Gasteiger partial charge on any atom is 0.221 e. The maximum atomic E-state index is 11.1. The summed E-state index contributed by atoms with van der Waals surface area (Å²) < 4.78 is 11.7. The van der Waals surface area contributed by atoms with Gasteiger partial charge in [-0.3, -0.25) is 4.79 Å². The van der Waals surface area contributed by atoms with Crippen LogP contribution in [0, 0.1) is 0 Å². The molecule has 2 heterocycles. The number of β-amino-alcohol motifs (C(OH)–C–C–N with tert-alkyl or cyclic N) is 1. The molecule has 0 radical (unpaired) electrons. The lowest BCUT2D eigenvalue weighted by Gasteiger charge is -2.46. The van der Waals surface area contributed by atoms with Gasteiger partial charge in [-0.1, -0.05) is 12.1 Å². The van der Waals surface area contributed by atoms with Crippen LogP contribution >= 0.6 is 0 Å². The molecule has 0 bridgehead atoms. The first-order valence-corrected chi connectivity index (χ1v) is 10.7. The van der Waals surface area contributed by atoms with Gasteiger partial charge in [0.25, 0.3) is 0 Å². The standard InChI is InChI=1S/C24H30N2O5/c1-16(27)25-18-5-3-17(4-6-18)22(29)15-26-11-9-24(10-12-26)14-21(28)20-8-7-19(30-2)13-23(20)31-24/h3-8,13,21-22,28-29H,9-12,14-15H2,1-2H3,(H,25,27). The van der Waals surface area contributed by atoms with Crippen molar-refractivity contribution in [3.8, 4) is 11.5 Å². The minimum atomic E-state index is -0.608. The van der Waals surface area contributed by atoms with Crippen LogP contribution in [0.5, 0.6) is 11.5 Å². The minimum absolute atomic E-state index is 0.119. The van der Waals surface area contributed by atoms with Gasteiger partial charge in [0.15, 0.2) is 0 Å². The molecule has 2 atom stereocenters. The van der Waals surface area contributed by atoms with Crippen molar-refractivity contribution < 1.29 is 24.5 Å². The summed E-state index contributed by atoms with van der Waals surface area (Å²) in [4.78, 5) is 13.4. The zero-order valence-corrected chi connectivity index (χ0v) is 18.0. The van der Waals surface area contributed by atoms with Crippen LogP contribution in [0.15, 0.2) is 42.5 Å². The van der Waals surface area contributed by atoms with Crippen LogP contribution in [0.1, 0.15) is 49.5 Å². The van der Waals surface area contributed by atoms with Crippen LogP contribution < -0.4 is 14.8 Å². The van der Waals surface area contributed by atoms with Gasteiger partial charge in [-0.25, -0.2) is 0 Å². The molecule has 4 rings (SSSR count). The van der Waals surface area contributed by atoms with Crippen LogP contribution in [0.25, 0.3) is 0 Å². The number of aliphatic hydroxyl groups is 2. The normalized spacial score (nSPS) is 21.1. The Morgan fingerprint density at radius 1 is 1.26 bits per heavy atom. The van der Waals surface area contributed by atoms with Crippen molar-refractivity contribution in [3.05, 3.63) is 53.6 Å². The Morgan fingerprint density at radius 2 is 1.97 bits per heavy atom. The average Bonchev–Trinajstić information content (AvgIpc) is 2.75. The maximum absolute atomic E-state index is 11.1. The number of aliphatic hydroxyl groups excluding tert-OH is 2. The number of nitrogens with zero attached hydrogens (tertiary/aromatic N) is 1. The van der Waals surface area contributed by atoms with Crippen molar-refractivity contribution in [3.63, 3.8) is 0 Å². The second kappa shape index (κ2) is 8.86. The molecule has 2 aromatic rings. The number of rotatable bonds is 5. The van der Waals surface area contributed by atoms with E-state index < -0.39 is 12.2 Å². The van der Waals surface area contributed by atoms with E-state index in [2.05, 4.69) is 10.2 Å². The monoisotopic (exact) mass is 426 g/mol. The van der Waals surface area contributed by atoms with Gasteiger partial charge in [-0.2, -0.15) is 0 Å². The number of fused-ring (bicyclic) bond motifs is 1. The number of carbonyl (C=O) groups is 1. The number of ether oxygens (including phenoxy) is 2. The third-order valence-corrected chi connectivity index (χ3v) is 6.29. The third kappa shape index (κ3) is 4.84. The lowest BCUT2D eigenvalue weighted by molar-refractivity contribution is -0.114. The molecule has 2 aliphatic heterocycles. The molecule has 0 aromatic heterocycles. The number of methoxy groups -OCH3 is 1. The average molecular weight is 427 g/mol. The zero-order chi connectivity index (χ0) is 22.0. The Hall–Kier alpha value is -2.61. The van der Waals surface area contributed by atoms with E-state index in [1.54, 1.807) is 19.2 Å². The summed E-state index contributed by atoms with van der Waals surface area (Å²) >= 11 is 0. The molecule has 7 heteroatoms. The number of hydrogen-bond acceptors (Lipinski definition) is 6. The number of likely N-dealkylation sites (tertiary alicyclic amines) is 1.